The summed E-state index contributed by atoms with van der Waals surface area (Å²) in [6.45, 7) is 9.21. The molecule has 2 unspecified atom stereocenters. The van der Waals surface area contributed by atoms with E-state index in [1.54, 1.807) is 29.3 Å². The zero-order chi connectivity index (χ0) is 43.7. The highest BCUT2D eigenvalue weighted by atomic mass is 19.1. The number of imide groups is 1. The molecule has 1 aliphatic carbocycles. The van der Waals surface area contributed by atoms with Gasteiger partial charge in [-0.1, -0.05) is 19.1 Å². The van der Waals surface area contributed by atoms with E-state index in [0.717, 1.165) is 112 Å². The first kappa shape index (κ1) is 40.8. The highest BCUT2D eigenvalue weighted by Crippen LogP contribution is 2.55. The Morgan fingerprint density at radius 3 is 2.36 bits per heavy atom. The van der Waals surface area contributed by atoms with Crippen LogP contribution in [0.25, 0.3) is 22.3 Å². The number of urea groups is 1. The van der Waals surface area contributed by atoms with E-state index in [1.807, 2.05) is 24.3 Å². The van der Waals surface area contributed by atoms with E-state index in [4.69, 9.17) is 10.7 Å². The van der Waals surface area contributed by atoms with Crippen LogP contribution in [0.2, 0.25) is 0 Å². The number of aryl methyl sites for hydroxylation is 1. The third-order valence-corrected chi connectivity index (χ3v) is 15.6. The second-order valence-electron chi connectivity index (χ2n) is 19.4. The number of fused-ring (bicyclic) bond motifs is 3. The van der Waals surface area contributed by atoms with Crippen LogP contribution in [0.4, 0.5) is 37.8 Å². The van der Waals surface area contributed by atoms with Gasteiger partial charge in [-0.15, -0.1) is 10.2 Å². The van der Waals surface area contributed by atoms with Gasteiger partial charge >= 0.3 is 6.03 Å². The van der Waals surface area contributed by atoms with Crippen molar-refractivity contribution in [3.63, 3.8) is 0 Å². The number of piperazine rings is 1. The van der Waals surface area contributed by atoms with Crippen LogP contribution < -0.4 is 30.7 Å². The molecule has 6 fully saturated rings. The van der Waals surface area contributed by atoms with Gasteiger partial charge in [-0.25, -0.2) is 14.2 Å². The highest BCUT2D eigenvalue weighted by molar-refractivity contribution is 6.06. The van der Waals surface area contributed by atoms with Crippen molar-refractivity contribution in [2.75, 3.05) is 77.7 Å². The topological polar surface area (TPSA) is 152 Å². The smallest absolute Gasteiger partial charge is 0.328 e. The number of piperidine rings is 2. The lowest BCUT2D eigenvalue weighted by molar-refractivity contribution is -0.120. The van der Waals surface area contributed by atoms with Gasteiger partial charge < -0.3 is 35.0 Å². The Morgan fingerprint density at radius 1 is 0.859 bits per heavy atom. The molecular formula is C49H58FN11O3. The molecule has 334 valence electrons. The predicted molar refractivity (Wildman–Crippen MR) is 247 cm³/mol. The van der Waals surface area contributed by atoms with Crippen molar-refractivity contribution in [2.45, 2.75) is 89.3 Å². The number of amides is 3. The number of aromatic nitrogens is 4. The van der Waals surface area contributed by atoms with Crippen LogP contribution in [0.1, 0.15) is 76.3 Å². The van der Waals surface area contributed by atoms with E-state index in [9.17, 15) is 14.7 Å². The standard InChI is InChI=1S/C49H58FN11O3/c1-2-32-28-60(47-39(32)21-36(26-52-47)59-18-13-45(63)53-48(59)64)37-24-49(25-37)14-19-56(20-15-49)27-31-11-16-57(17-12-31)42-22-33(9-10-40(42)50)61-34-7-8-35(61)30-58(29-34)43-23-41(54-55-46(43)51)38-5-3-4-6-44(38)62/h3-6,9-10,21-23,26,28,31,34-35,37,62H,2,7-8,11-20,24-25,27,29-30H2,1H3,(H2,51,55)(H,53,63,64). The Bertz CT molecular complexity index is 2580. The molecule has 1 saturated carbocycles. The molecule has 11 rings (SSSR count). The summed E-state index contributed by atoms with van der Waals surface area (Å²) in [5.74, 6) is 0.771. The lowest BCUT2D eigenvalue weighted by Gasteiger charge is -2.53. The van der Waals surface area contributed by atoms with Crippen molar-refractivity contribution in [3.8, 4) is 17.0 Å². The minimum absolute atomic E-state index is 0.148. The molecule has 15 heteroatoms. The summed E-state index contributed by atoms with van der Waals surface area (Å²) in [5.41, 5.74) is 13.6. The van der Waals surface area contributed by atoms with Crippen LogP contribution >= 0.6 is 0 Å². The quantitative estimate of drug-likeness (QED) is 0.139. The van der Waals surface area contributed by atoms with E-state index >= 15 is 4.39 Å². The van der Waals surface area contributed by atoms with Crippen LogP contribution in [0, 0.1) is 17.2 Å². The maximum atomic E-state index is 15.6. The summed E-state index contributed by atoms with van der Waals surface area (Å²) in [6, 6.07) is 17.4. The zero-order valence-corrected chi connectivity index (χ0v) is 36.6. The Labute approximate surface area is 373 Å². The number of nitrogens with zero attached hydrogens (tertiary/aromatic N) is 9. The first-order chi connectivity index (χ1) is 31.1. The molecule has 2 atom stereocenters. The fraction of sp³-hybridized carbons (Fsp3) is 0.490. The largest absolute Gasteiger partial charge is 0.507 e. The van der Waals surface area contributed by atoms with Crippen molar-refractivity contribution >= 4 is 51.5 Å². The van der Waals surface area contributed by atoms with Gasteiger partial charge in [-0.2, -0.15) is 0 Å². The summed E-state index contributed by atoms with van der Waals surface area (Å²) < 4.78 is 18.0. The number of aromatic hydroxyl groups is 1. The third-order valence-electron chi connectivity index (χ3n) is 15.6. The summed E-state index contributed by atoms with van der Waals surface area (Å²) in [7, 11) is 0. The number of likely N-dealkylation sites (tertiary alicyclic amines) is 1. The van der Waals surface area contributed by atoms with Crippen molar-refractivity contribution in [1.29, 1.82) is 0 Å². The first-order valence-electron chi connectivity index (χ1n) is 23.4. The van der Waals surface area contributed by atoms with Crippen LogP contribution in [-0.2, 0) is 11.2 Å². The molecular weight excluding hydrogens is 810 g/mol. The Hall–Kier alpha value is -5.96. The van der Waals surface area contributed by atoms with Gasteiger partial charge in [0.25, 0.3) is 0 Å². The number of nitrogen functional groups attached to an aromatic ring is 1. The second-order valence-corrected chi connectivity index (χ2v) is 19.4. The molecule has 0 radical (unpaired) electrons. The molecule has 1 spiro atoms. The molecule has 3 amide bonds. The lowest BCUT2D eigenvalue weighted by atomic mass is 9.60. The average Bonchev–Trinajstić information content (AvgIpc) is 3.79. The average molecular weight is 868 g/mol. The van der Waals surface area contributed by atoms with Gasteiger partial charge in [-0.3, -0.25) is 15.0 Å². The van der Waals surface area contributed by atoms with Crippen molar-refractivity contribution < 1.29 is 19.1 Å². The number of nitrogens with two attached hydrogens (primary N) is 1. The van der Waals surface area contributed by atoms with Crippen molar-refractivity contribution in [3.05, 3.63) is 78.4 Å². The number of hydrogen-bond donors (Lipinski definition) is 3. The number of hydrogen-bond acceptors (Lipinski definition) is 11. The molecule has 14 nitrogen and oxygen atoms in total. The first-order valence-corrected chi connectivity index (χ1v) is 23.4. The van der Waals surface area contributed by atoms with Crippen molar-refractivity contribution in [2.24, 2.45) is 11.3 Å². The Kier molecular flexibility index (Phi) is 10.3. The molecule has 2 aromatic carbocycles. The molecule has 6 aliphatic rings. The summed E-state index contributed by atoms with van der Waals surface area (Å²) >= 11 is 0. The number of phenols is 1. The SMILES string of the molecule is CCc1cn(C2CC3(CCN(CC4CCN(c5cc(N6C7CCC6CN(c6cc(-c8ccccc8O)nnc6N)C7)ccc5F)CC4)CC3)C2)c2ncc(N3CCC(=O)NC3=O)cc12. The molecule has 3 aromatic heterocycles. The van der Waals surface area contributed by atoms with Gasteiger partial charge in [0.1, 0.15) is 17.2 Å². The van der Waals surface area contributed by atoms with Crippen molar-refractivity contribution in [1.82, 2.24) is 30.0 Å². The molecule has 5 aliphatic heterocycles. The number of carbonyl (C=O) groups excluding carboxylic acids is 2. The number of nitrogens with one attached hydrogen (secondary N) is 1. The maximum absolute atomic E-state index is 15.6. The monoisotopic (exact) mass is 867 g/mol. The molecule has 5 aromatic rings. The molecule has 2 bridgehead atoms. The van der Waals surface area contributed by atoms with Crippen LogP contribution in [0.5, 0.6) is 5.75 Å². The second kappa shape index (κ2) is 16.2. The minimum atomic E-state index is -0.381. The van der Waals surface area contributed by atoms with Gasteiger partial charge in [0, 0.05) is 86.6 Å². The van der Waals surface area contributed by atoms with Gasteiger partial charge in [0.15, 0.2) is 5.82 Å². The fourth-order valence-corrected chi connectivity index (χ4v) is 12.1. The molecule has 4 N–H and O–H groups in total. The number of benzene rings is 2. The van der Waals surface area contributed by atoms with Gasteiger partial charge in [0.2, 0.25) is 5.91 Å². The number of rotatable bonds is 9. The van der Waals surface area contributed by atoms with Crippen LogP contribution in [-0.4, -0.2) is 106 Å². The number of halogens is 1. The maximum Gasteiger partial charge on any atom is 0.328 e. The number of pyridine rings is 1. The Balaban J connectivity index is 0.678. The minimum Gasteiger partial charge on any atom is -0.507 e. The number of anilines is 5. The normalized spacial score (nSPS) is 23.0. The zero-order valence-electron chi connectivity index (χ0n) is 36.6. The highest BCUT2D eigenvalue weighted by Gasteiger charge is 2.47. The summed E-state index contributed by atoms with van der Waals surface area (Å²) in [6.07, 6.45) is 14.3. The fourth-order valence-electron chi connectivity index (χ4n) is 12.1. The van der Waals surface area contributed by atoms with E-state index in [1.165, 1.54) is 31.2 Å². The lowest BCUT2D eigenvalue weighted by Crippen LogP contribution is -2.54. The van der Waals surface area contributed by atoms with Gasteiger partial charge in [0.05, 0.1) is 29.0 Å². The summed E-state index contributed by atoms with van der Waals surface area (Å²) in [4.78, 5) is 40.5. The molecule has 8 heterocycles. The van der Waals surface area contributed by atoms with Crippen LogP contribution in [0.3, 0.4) is 0 Å². The van der Waals surface area contributed by atoms with E-state index in [0.29, 0.717) is 47.4 Å². The van der Waals surface area contributed by atoms with Crippen LogP contribution in [0.15, 0.2) is 67.0 Å². The van der Waals surface area contributed by atoms with Gasteiger partial charge in [-0.05, 0) is 130 Å². The van der Waals surface area contributed by atoms with E-state index < -0.39 is 0 Å². The molecule has 5 saturated heterocycles. The molecule has 64 heavy (non-hydrogen) atoms. The number of para-hydroxylation sites is 1. The Morgan fingerprint density at radius 2 is 1.62 bits per heavy atom. The van der Waals surface area contributed by atoms with E-state index in [2.05, 4.69) is 64.9 Å². The summed E-state index contributed by atoms with van der Waals surface area (Å²) in [5, 5.41) is 22.5. The van der Waals surface area contributed by atoms with E-state index in [-0.39, 0.29) is 35.6 Å². The third kappa shape index (κ3) is 7.34. The number of phenolic OH excluding ortho intramolecular Hbond substituents is 1. The number of carbonyl (C=O) groups is 2. The predicted octanol–water partition coefficient (Wildman–Crippen LogP) is 7.12.